The Balaban J connectivity index is 0.956. The van der Waals surface area contributed by atoms with E-state index in [1.807, 2.05) is 0 Å². The summed E-state index contributed by atoms with van der Waals surface area (Å²) in [5.41, 5.74) is 11.0. The van der Waals surface area contributed by atoms with Crippen molar-refractivity contribution in [3.8, 4) is 34.0 Å². The van der Waals surface area contributed by atoms with E-state index in [1.54, 1.807) is 14.2 Å². The molecule has 0 saturated carbocycles. The van der Waals surface area contributed by atoms with Crippen LogP contribution in [0.5, 0.6) is 11.8 Å². The number of aliphatic hydroxyl groups excluding tert-OH is 2. The van der Waals surface area contributed by atoms with Crippen molar-refractivity contribution >= 4 is 17.4 Å². The van der Waals surface area contributed by atoms with Crippen LogP contribution >= 0.6 is 0 Å². The van der Waals surface area contributed by atoms with E-state index in [0.717, 1.165) is 46.2 Å². The smallest absolute Gasteiger partial charge is 0.237 e. The Labute approximate surface area is 375 Å². The van der Waals surface area contributed by atoms with Gasteiger partial charge in [-0.05, 0) is 105 Å². The van der Waals surface area contributed by atoms with Crippen LogP contribution in [0.2, 0.25) is 0 Å². The summed E-state index contributed by atoms with van der Waals surface area (Å²) < 4.78 is 11.2. The quantitative estimate of drug-likeness (QED) is 0.128. The van der Waals surface area contributed by atoms with Crippen molar-refractivity contribution in [2.45, 2.75) is 88.3 Å². The van der Waals surface area contributed by atoms with Gasteiger partial charge in [0.25, 0.3) is 0 Å². The van der Waals surface area contributed by atoms with E-state index in [1.165, 1.54) is 34.6 Å². The van der Waals surface area contributed by atoms with Crippen molar-refractivity contribution in [3.05, 3.63) is 142 Å². The lowest BCUT2D eigenvalue weighted by Gasteiger charge is -2.27. The van der Waals surface area contributed by atoms with E-state index in [0.29, 0.717) is 74.3 Å². The Morgan fingerprint density at radius 2 is 1.06 bits per heavy atom. The molecule has 11 nitrogen and oxygen atoms in total. The largest absolute Gasteiger partial charge is 0.480 e. The Kier molecular flexibility index (Phi) is 10.5. The van der Waals surface area contributed by atoms with Crippen molar-refractivity contribution < 1.29 is 24.5 Å². The highest BCUT2D eigenvalue weighted by Gasteiger charge is 2.50. The van der Waals surface area contributed by atoms with Gasteiger partial charge in [0.05, 0.1) is 38.8 Å². The Bertz CT molecular complexity index is 2600. The summed E-state index contributed by atoms with van der Waals surface area (Å²) in [5, 5.41) is 23.3. The van der Waals surface area contributed by atoms with Gasteiger partial charge in [-0.3, -0.25) is 4.79 Å². The van der Waals surface area contributed by atoms with Gasteiger partial charge in [-0.15, -0.1) is 0 Å². The normalized spacial score (nSPS) is 22.3. The third kappa shape index (κ3) is 6.91. The molecule has 0 radical (unpaired) electrons. The molecule has 2 fully saturated rings. The Morgan fingerprint density at radius 3 is 1.47 bits per heavy atom. The maximum Gasteiger partial charge on any atom is 0.237 e. The molecular formula is C53H56N6O5. The number of benzene rings is 4. The minimum absolute atomic E-state index is 0.155. The number of aromatic nitrogens is 4. The molecule has 2 N–H and O–H groups in total. The second-order valence-electron chi connectivity index (χ2n) is 18.9. The van der Waals surface area contributed by atoms with Crippen molar-refractivity contribution in [2.24, 2.45) is 0 Å². The SMILES string of the molecule is COc1cnc(C(=O)c2ncc(OC)nc2N2CCC3(CC(O)c4cc(-c5ccccc5C(C)C)ccc43)C2)c(N2CCC3(CC(O)c4cc(-c5ccccc5C(C)C)ccc43)C2)n1. The number of carbonyl (C=O) groups excluding carboxylic acids is 1. The molecule has 4 unspecified atom stereocenters. The number of hydrogen-bond acceptors (Lipinski definition) is 11. The molecule has 0 amide bonds. The number of carbonyl (C=O) groups is 1. The number of aliphatic hydroxyl groups is 2. The highest BCUT2D eigenvalue weighted by Crippen LogP contribution is 2.54. The molecule has 4 aliphatic rings. The fourth-order valence-corrected chi connectivity index (χ4v) is 11.4. The average molecular weight is 857 g/mol. The molecule has 0 bridgehead atoms. The van der Waals surface area contributed by atoms with Gasteiger partial charge in [0.1, 0.15) is 0 Å². The zero-order chi connectivity index (χ0) is 44.5. The minimum atomic E-state index is -0.615. The molecule has 328 valence electrons. The van der Waals surface area contributed by atoms with Crippen LogP contribution in [-0.4, -0.2) is 76.3 Å². The summed E-state index contributed by atoms with van der Waals surface area (Å²) in [6.07, 6.45) is 4.41. The second-order valence-corrected chi connectivity index (χ2v) is 18.9. The first-order valence-corrected chi connectivity index (χ1v) is 22.6. The first-order chi connectivity index (χ1) is 30.9. The lowest BCUT2D eigenvalue weighted by atomic mass is 9.80. The van der Waals surface area contributed by atoms with Crippen LogP contribution in [0.1, 0.15) is 127 Å². The average Bonchev–Trinajstić information content (AvgIpc) is 4.08. The predicted molar refractivity (Wildman–Crippen MR) is 249 cm³/mol. The van der Waals surface area contributed by atoms with Crippen LogP contribution in [0.4, 0.5) is 11.6 Å². The van der Waals surface area contributed by atoms with Crippen molar-refractivity contribution in [1.29, 1.82) is 0 Å². The molecule has 2 spiro atoms. The molecule has 4 atom stereocenters. The summed E-state index contributed by atoms with van der Waals surface area (Å²) in [4.78, 5) is 38.4. The number of ketones is 1. The molecule has 2 aliphatic heterocycles. The summed E-state index contributed by atoms with van der Waals surface area (Å²) in [6, 6.07) is 30.1. The van der Waals surface area contributed by atoms with Gasteiger partial charge < -0.3 is 29.5 Å². The molecule has 2 aliphatic carbocycles. The van der Waals surface area contributed by atoms with E-state index >= 15 is 4.79 Å². The van der Waals surface area contributed by atoms with Crippen LogP contribution in [0.25, 0.3) is 22.3 Å². The zero-order valence-corrected chi connectivity index (χ0v) is 37.5. The summed E-state index contributed by atoms with van der Waals surface area (Å²) >= 11 is 0. The number of ether oxygens (including phenoxy) is 2. The van der Waals surface area contributed by atoms with Gasteiger partial charge in [0.15, 0.2) is 23.0 Å². The number of anilines is 2. The molecule has 4 aromatic carbocycles. The van der Waals surface area contributed by atoms with Gasteiger partial charge in [-0.25, -0.2) is 9.97 Å². The zero-order valence-electron chi connectivity index (χ0n) is 37.5. The van der Waals surface area contributed by atoms with E-state index in [4.69, 9.17) is 29.4 Å². The maximum absolute atomic E-state index is 15.0. The number of nitrogens with zero attached hydrogens (tertiary/aromatic N) is 6. The van der Waals surface area contributed by atoms with Crippen molar-refractivity contribution in [2.75, 3.05) is 50.2 Å². The van der Waals surface area contributed by atoms with E-state index in [2.05, 4.69) is 122 Å². The second kappa shape index (κ2) is 16.1. The molecule has 10 rings (SSSR count). The molecule has 6 aromatic rings. The van der Waals surface area contributed by atoms with Crippen LogP contribution < -0.4 is 19.3 Å². The van der Waals surface area contributed by atoms with Gasteiger partial charge in [-0.1, -0.05) is 100 Å². The topological polar surface area (TPSA) is 134 Å². The monoisotopic (exact) mass is 856 g/mol. The Hall–Kier alpha value is -6.17. The van der Waals surface area contributed by atoms with E-state index in [9.17, 15) is 10.2 Å². The van der Waals surface area contributed by atoms with Gasteiger partial charge >= 0.3 is 0 Å². The minimum Gasteiger partial charge on any atom is -0.480 e. The summed E-state index contributed by atoms with van der Waals surface area (Å²) in [5.74, 6) is 1.74. The standard InChI is InChI=1S/C53H56N6O5/c1-31(2)35-11-7-9-13-37(35)33-15-17-41-39(23-33)43(60)25-52(41)19-21-58(29-52)50-47(54-27-45(56-50)63-5)49(62)48-51(57-46(64-6)28-55-48)59-22-20-53(30-59)26-44(61)40-24-34(16-18-42(40)53)38-14-10-8-12-36(38)32(3)4/h7-18,23-24,27-28,31-32,43-44,60-61H,19-22,25-26,29-30H2,1-6H3. The lowest BCUT2D eigenvalue weighted by Crippen LogP contribution is -2.32. The number of methoxy groups -OCH3 is 2. The summed E-state index contributed by atoms with van der Waals surface area (Å²) in [6.45, 7) is 11.1. The molecule has 4 heterocycles. The highest BCUT2D eigenvalue weighted by molar-refractivity contribution is 6.12. The molecule has 2 saturated heterocycles. The van der Waals surface area contributed by atoms with Crippen molar-refractivity contribution in [1.82, 2.24) is 19.9 Å². The van der Waals surface area contributed by atoms with Crippen molar-refractivity contribution in [3.63, 3.8) is 0 Å². The molecule has 2 aromatic heterocycles. The number of hydrogen-bond donors (Lipinski definition) is 2. The highest BCUT2D eigenvalue weighted by atomic mass is 16.5. The number of fused-ring (bicyclic) bond motifs is 4. The van der Waals surface area contributed by atoms with Crippen LogP contribution in [0.15, 0.2) is 97.3 Å². The van der Waals surface area contributed by atoms with Crippen LogP contribution in [0, 0.1) is 0 Å². The molecule has 64 heavy (non-hydrogen) atoms. The number of rotatable bonds is 10. The summed E-state index contributed by atoms with van der Waals surface area (Å²) in [7, 11) is 3.08. The maximum atomic E-state index is 15.0. The van der Waals surface area contributed by atoms with Crippen LogP contribution in [0.3, 0.4) is 0 Å². The molecular weight excluding hydrogens is 801 g/mol. The van der Waals surface area contributed by atoms with Crippen LogP contribution in [-0.2, 0) is 10.8 Å². The molecule has 11 heteroatoms. The third-order valence-corrected chi connectivity index (χ3v) is 14.5. The first-order valence-electron chi connectivity index (χ1n) is 22.6. The third-order valence-electron chi connectivity index (χ3n) is 14.5. The van der Waals surface area contributed by atoms with E-state index in [-0.39, 0.29) is 22.2 Å². The Morgan fingerprint density at radius 1 is 0.641 bits per heavy atom. The fraction of sp³-hybridized carbons (Fsp3) is 0.377. The van der Waals surface area contributed by atoms with E-state index < -0.39 is 18.0 Å². The van der Waals surface area contributed by atoms with Gasteiger partial charge in [0, 0.05) is 37.0 Å². The predicted octanol–water partition coefficient (Wildman–Crippen LogP) is 9.27. The first kappa shape index (κ1) is 41.8. The lowest BCUT2D eigenvalue weighted by molar-refractivity contribution is 0.102. The van der Waals surface area contributed by atoms with Gasteiger partial charge in [-0.2, -0.15) is 9.97 Å². The van der Waals surface area contributed by atoms with Gasteiger partial charge in [0.2, 0.25) is 17.5 Å². The fourth-order valence-electron chi connectivity index (χ4n) is 11.4.